The Labute approximate surface area is 188 Å². The molecule has 0 aliphatic heterocycles. The van der Waals surface area contributed by atoms with Crippen molar-refractivity contribution in [1.29, 1.82) is 0 Å². The quantitative estimate of drug-likeness (QED) is 0.317. The van der Waals surface area contributed by atoms with Crippen molar-refractivity contribution in [3.8, 4) is 11.4 Å². The number of rotatable bonds is 9. The summed E-state index contributed by atoms with van der Waals surface area (Å²) in [7, 11) is 0. The lowest BCUT2D eigenvalue weighted by atomic mass is 10.2. The molecule has 0 spiro atoms. The largest absolute Gasteiger partial charge is 0.332 e. The van der Waals surface area contributed by atoms with Gasteiger partial charge in [0.25, 0.3) is 0 Å². The van der Waals surface area contributed by atoms with Crippen molar-refractivity contribution in [1.82, 2.24) is 19.7 Å². The van der Waals surface area contributed by atoms with Crippen LogP contribution < -0.4 is 0 Å². The molecular weight excluding hydrogens is 432 g/mol. The standard InChI is InChI=1S/C22H22N4OS3/c1-2-26-21(17-8-4-3-5-9-17)23-24-22(26)30-16-20(27)25(14-18-10-6-12-28-18)15-19-11-7-13-29-19/h3-13H,2,14-16H2,1H3. The molecule has 3 aromatic heterocycles. The van der Waals surface area contributed by atoms with E-state index in [1.807, 2.05) is 58.1 Å². The Kier molecular flexibility index (Phi) is 6.99. The second-order valence-electron chi connectivity index (χ2n) is 6.61. The van der Waals surface area contributed by atoms with Crippen LogP contribution in [0, 0.1) is 0 Å². The van der Waals surface area contributed by atoms with Gasteiger partial charge in [-0.25, -0.2) is 0 Å². The van der Waals surface area contributed by atoms with Gasteiger partial charge in [-0.1, -0.05) is 54.2 Å². The van der Waals surface area contributed by atoms with Gasteiger partial charge in [0, 0.05) is 21.9 Å². The van der Waals surface area contributed by atoms with E-state index in [2.05, 4.69) is 33.8 Å². The van der Waals surface area contributed by atoms with Crippen molar-refractivity contribution in [2.24, 2.45) is 0 Å². The number of thiophene rings is 2. The zero-order valence-corrected chi connectivity index (χ0v) is 19.1. The Morgan fingerprint density at radius 1 is 0.967 bits per heavy atom. The first-order valence-electron chi connectivity index (χ1n) is 9.68. The maximum Gasteiger partial charge on any atom is 0.233 e. The molecule has 4 rings (SSSR count). The van der Waals surface area contributed by atoms with Crippen LogP contribution in [0.25, 0.3) is 11.4 Å². The van der Waals surface area contributed by atoms with Gasteiger partial charge in [0.15, 0.2) is 11.0 Å². The van der Waals surface area contributed by atoms with Crippen molar-refractivity contribution < 1.29 is 4.79 Å². The fourth-order valence-electron chi connectivity index (χ4n) is 3.11. The molecule has 0 radical (unpaired) electrons. The van der Waals surface area contributed by atoms with E-state index in [9.17, 15) is 4.79 Å². The zero-order chi connectivity index (χ0) is 20.8. The molecule has 0 aliphatic rings. The molecule has 3 heterocycles. The molecule has 0 unspecified atom stereocenters. The fourth-order valence-corrected chi connectivity index (χ4v) is 5.46. The summed E-state index contributed by atoms with van der Waals surface area (Å²) in [5.74, 6) is 1.28. The molecule has 154 valence electrons. The molecule has 0 atom stereocenters. The first-order chi connectivity index (χ1) is 14.7. The fraction of sp³-hybridized carbons (Fsp3) is 0.227. The van der Waals surface area contributed by atoms with E-state index >= 15 is 0 Å². The van der Waals surface area contributed by atoms with Crippen LogP contribution in [-0.4, -0.2) is 31.3 Å². The molecule has 0 N–H and O–H groups in total. The Morgan fingerprint density at radius 3 is 2.20 bits per heavy atom. The summed E-state index contributed by atoms with van der Waals surface area (Å²) in [5.41, 5.74) is 1.03. The van der Waals surface area contributed by atoms with Crippen LogP contribution in [0.5, 0.6) is 0 Å². The van der Waals surface area contributed by atoms with Crippen LogP contribution in [0.2, 0.25) is 0 Å². The summed E-state index contributed by atoms with van der Waals surface area (Å²) in [5, 5.41) is 13.6. The smallest absolute Gasteiger partial charge is 0.233 e. The first-order valence-corrected chi connectivity index (χ1v) is 12.4. The number of thioether (sulfide) groups is 1. The highest BCUT2D eigenvalue weighted by atomic mass is 32.2. The molecule has 0 aliphatic carbocycles. The molecule has 0 fully saturated rings. The number of nitrogens with zero attached hydrogens (tertiary/aromatic N) is 4. The van der Waals surface area contributed by atoms with E-state index in [0.29, 0.717) is 18.8 Å². The van der Waals surface area contributed by atoms with E-state index in [-0.39, 0.29) is 5.91 Å². The molecular formula is C22H22N4OS3. The number of carbonyl (C=O) groups excluding carboxylic acids is 1. The van der Waals surface area contributed by atoms with Gasteiger partial charge < -0.3 is 9.47 Å². The Bertz CT molecular complexity index is 1020. The summed E-state index contributed by atoms with van der Waals surface area (Å²) < 4.78 is 2.07. The maximum absolute atomic E-state index is 13.1. The third-order valence-corrected chi connectivity index (χ3v) is 7.27. The molecule has 5 nitrogen and oxygen atoms in total. The lowest BCUT2D eigenvalue weighted by Crippen LogP contribution is -2.31. The summed E-state index contributed by atoms with van der Waals surface area (Å²) >= 11 is 4.81. The van der Waals surface area contributed by atoms with E-state index in [4.69, 9.17) is 0 Å². The minimum atomic E-state index is 0.105. The Balaban J connectivity index is 1.47. The van der Waals surface area contributed by atoms with Crippen molar-refractivity contribution in [2.45, 2.75) is 31.7 Å². The van der Waals surface area contributed by atoms with Gasteiger partial charge in [-0.15, -0.1) is 32.9 Å². The summed E-state index contributed by atoms with van der Waals surface area (Å²) in [6.45, 7) is 4.08. The van der Waals surface area contributed by atoms with Crippen LogP contribution in [0.4, 0.5) is 0 Å². The van der Waals surface area contributed by atoms with Crippen LogP contribution in [0.3, 0.4) is 0 Å². The van der Waals surface area contributed by atoms with E-state index in [1.54, 1.807) is 22.7 Å². The molecule has 8 heteroatoms. The minimum absolute atomic E-state index is 0.105. The van der Waals surface area contributed by atoms with Crippen LogP contribution in [0.1, 0.15) is 16.7 Å². The number of amides is 1. The molecule has 4 aromatic rings. The average Bonchev–Trinajstić information content (AvgIpc) is 3.54. The minimum Gasteiger partial charge on any atom is -0.332 e. The maximum atomic E-state index is 13.1. The second kappa shape index (κ2) is 10.1. The molecule has 1 aromatic carbocycles. The monoisotopic (exact) mass is 454 g/mol. The van der Waals surface area contributed by atoms with Crippen molar-refractivity contribution >= 4 is 40.3 Å². The molecule has 0 saturated carbocycles. The van der Waals surface area contributed by atoms with Gasteiger partial charge in [-0.05, 0) is 29.8 Å². The topological polar surface area (TPSA) is 51.0 Å². The van der Waals surface area contributed by atoms with Gasteiger partial charge in [-0.3, -0.25) is 4.79 Å². The summed E-state index contributed by atoms with van der Waals surface area (Å²) in [6.07, 6.45) is 0. The highest BCUT2D eigenvalue weighted by Gasteiger charge is 2.19. The van der Waals surface area contributed by atoms with Gasteiger partial charge in [-0.2, -0.15) is 0 Å². The van der Waals surface area contributed by atoms with Gasteiger partial charge in [0.1, 0.15) is 0 Å². The van der Waals surface area contributed by atoms with Gasteiger partial charge in [0.05, 0.1) is 18.8 Å². The lowest BCUT2D eigenvalue weighted by Gasteiger charge is -2.21. The van der Waals surface area contributed by atoms with Crippen molar-refractivity contribution in [3.05, 3.63) is 75.1 Å². The lowest BCUT2D eigenvalue weighted by molar-refractivity contribution is -0.129. The predicted octanol–water partition coefficient (Wildman–Crippen LogP) is 5.41. The van der Waals surface area contributed by atoms with Crippen molar-refractivity contribution in [3.63, 3.8) is 0 Å². The van der Waals surface area contributed by atoms with Gasteiger partial charge >= 0.3 is 0 Å². The van der Waals surface area contributed by atoms with Crippen molar-refractivity contribution in [2.75, 3.05) is 5.75 Å². The number of hydrogen-bond acceptors (Lipinski definition) is 6. The van der Waals surface area contributed by atoms with E-state index < -0.39 is 0 Å². The highest BCUT2D eigenvalue weighted by molar-refractivity contribution is 7.99. The average molecular weight is 455 g/mol. The third kappa shape index (κ3) is 5.00. The third-order valence-electron chi connectivity index (χ3n) is 4.60. The number of aromatic nitrogens is 3. The SMILES string of the molecule is CCn1c(SCC(=O)N(Cc2cccs2)Cc2cccs2)nnc1-c1ccccc1. The molecule has 30 heavy (non-hydrogen) atoms. The predicted molar refractivity (Wildman–Crippen MR) is 125 cm³/mol. The van der Waals surface area contributed by atoms with Crippen LogP contribution in [-0.2, 0) is 24.4 Å². The number of hydrogen-bond donors (Lipinski definition) is 0. The van der Waals surface area contributed by atoms with Gasteiger partial charge in [0.2, 0.25) is 5.91 Å². The Morgan fingerprint density at radius 2 is 1.63 bits per heavy atom. The number of carbonyl (C=O) groups is 1. The highest BCUT2D eigenvalue weighted by Crippen LogP contribution is 2.25. The number of benzene rings is 1. The molecule has 0 bridgehead atoms. The zero-order valence-electron chi connectivity index (χ0n) is 16.6. The second-order valence-corrected chi connectivity index (χ2v) is 9.62. The Hall–Kier alpha value is -2.42. The van der Waals surface area contributed by atoms with Crippen LogP contribution >= 0.6 is 34.4 Å². The van der Waals surface area contributed by atoms with E-state index in [0.717, 1.165) is 23.1 Å². The molecule has 0 saturated heterocycles. The van der Waals surface area contributed by atoms with Crippen LogP contribution in [0.15, 0.2) is 70.5 Å². The normalized spacial score (nSPS) is 11.0. The summed E-state index contributed by atoms with van der Waals surface area (Å²) in [4.78, 5) is 17.4. The molecule has 1 amide bonds. The van der Waals surface area contributed by atoms with E-state index in [1.165, 1.54) is 21.5 Å². The first kappa shape index (κ1) is 20.8. The summed E-state index contributed by atoms with van der Waals surface area (Å²) in [6, 6.07) is 18.2.